The lowest BCUT2D eigenvalue weighted by Gasteiger charge is -2.12. The first-order valence-corrected chi connectivity index (χ1v) is 13.2. The number of aromatic nitrogens is 9. The highest BCUT2D eigenvalue weighted by Gasteiger charge is 2.36. The molecule has 0 amide bonds. The number of pyridine rings is 1. The van der Waals surface area contributed by atoms with Gasteiger partial charge in [-0.25, -0.2) is 14.6 Å². The molecule has 210 valence electrons. The Hall–Kier alpha value is -4.52. The zero-order valence-electron chi connectivity index (χ0n) is 22.7. The molecule has 1 fully saturated rings. The summed E-state index contributed by atoms with van der Waals surface area (Å²) in [5, 5.41) is 25.2. The summed E-state index contributed by atoms with van der Waals surface area (Å²) in [7, 11) is 5.05. The van der Waals surface area contributed by atoms with Crippen LogP contribution in [-0.2, 0) is 27.3 Å². The van der Waals surface area contributed by atoms with Gasteiger partial charge in [0, 0.05) is 73.1 Å². The van der Waals surface area contributed by atoms with E-state index in [0.29, 0.717) is 34.2 Å². The SMILES string of the molecule is C[C@H](O)c1nc2nn(C)cc2cc1-c1nc(-c2cccc3nn(-c4cc(C(F)(F)F)n(C)n4)cc23)c(C2CC2)n1C. The zero-order chi connectivity index (χ0) is 28.8. The molecule has 5 heterocycles. The Labute approximate surface area is 231 Å². The van der Waals surface area contributed by atoms with E-state index in [0.717, 1.165) is 51.3 Å². The van der Waals surface area contributed by atoms with Gasteiger partial charge < -0.3 is 9.67 Å². The molecule has 1 atom stereocenters. The molecular weight excluding hydrogens is 535 g/mol. The van der Waals surface area contributed by atoms with Crippen molar-refractivity contribution in [1.82, 2.24) is 43.9 Å². The van der Waals surface area contributed by atoms with Gasteiger partial charge in [0.25, 0.3) is 0 Å². The molecule has 41 heavy (non-hydrogen) atoms. The lowest BCUT2D eigenvalue weighted by molar-refractivity contribution is -0.143. The number of benzene rings is 1. The summed E-state index contributed by atoms with van der Waals surface area (Å²) in [4.78, 5) is 9.79. The molecule has 1 N–H and O–H groups in total. The highest BCUT2D eigenvalue weighted by Crippen LogP contribution is 2.47. The summed E-state index contributed by atoms with van der Waals surface area (Å²) < 4.78 is 46.2. The van der Waals surface area contributed by atoms with Crippen LogP contribution in [-0.4, -0.2) is 49.0 Å². The summed E-state index contributed by atoms with van der Waals surface area (Å²) in [5.74, 6) is 1.06. The maximum atomic E-state index is 13.4. The van der Waals surface area contributed by atoms with Crippen molar-refractivity contribution in [3.8, 4) is 28.5 Å². The third-order valence-corrected chi connectivity index (χ3v) is 7.58. The number of alkyl halides is 3. The van der Waals surface area contributed by atoms with Crippen molar-refractivity contribution in [3.63, 3.8) is 0 Å². The van der Waals surface area contributed by atoms with E-state index in [1.54, 1.807) is 17.8 Å². The van der Waals surface area contributed by atoms with E-state index in [9.17, 15) is 18.3 Å². The molecule has 0 saturated heterocycles. The molecule has 1 saturated carbocycles. The largest absolute Gasteiger partial charge is 0.433 e. The number of rotatable bonds is 5. The van der Waals surface area contributed by atoms with Gasteiger partial charge in [-0.3, -0.25) is 9.36 Å². The second kappa shape index (κ2) is 8.74. The van der Waals surface area contributed by atoms with E-state index in [4.69, 9.17) is 4.98 Å². The maximum Gasteiger partial charge on any atom is 0.433 e. The number of aryl methyl sites for hydroxylation is 2. The summed E-state index contributed by atoms with van der Waals surface area (Å²) in [6.07, 6.45) is 0.252. The minimum Gasteiger partial charge on any atom is -0.387 e. The fraction of sp³-hybridized carbons (Fsp3) is 0.321. The van der Waals surface area contributed by atoms with Crippen LogP contribution in [0.3, 0.4) is 0 Å². The molecule has 10 nitrogen and oxygen atoms in total. The van der Waals surface area contributed by atoms with E-state index in [1.165, 1.54) is 11.7 Å². The smallest absolute Gasteiger partial charge is 0.387 e. The molecule has 6 aromatic rings. The fourth-order valence-electron chi connectivity index (χ4n) is 5.56. The van der Waals surface area contributed by atoms with Crippen LogP contribution in [0.2, 0.25) is 0 Å². The molecule has 13 heteroatoms. The van der Waals surface area contributed by atoms with E-state index >= 15 is 0 Å². The predicted molar refractivity (Wildman–Crippen MR) is 145 cm³/mol. The number of nitrogens with zero attached hydrogens (tertiary/aromatic N) is 9. The van der Waals surface area contributed by atoms with Gasteiger partial charge in [0.2, 0.25) is 0 Å². The Morgan fingerprint density at radius 1 is 0.976 bits per heavy atom. The van der Waals surface area contributed by atoms with Crippen molar-refractivity contribution in [2.75, 3.05) is 0 Å². The molecule has 0 spiro atoms. The van der Waals surface area contributed by atoms with Crippen molar-refractivity contribution in [2.45, 2.75) is 38.0 Å². The Morgan fingerprint density at radius 3 is 2.44 bits per heavy atom. The number of halogens is 3. The Bertz CT molecular complexity index is 1970. The first-order chi connectivity index (χ1) is 19.5. The van der Waals surface area contributed by atoms with Gasteiger partial charge in [0.1, 0.15) is 11.5 Å². The number of fused-ring (bicyclic) bond motifs is 2. The van der Waals surface area contributed by atoms with Gasteiger partial charge in [-0.15, -0.1) is 0 Å². The Kier molecular flexibility index (Phi) is 5.42. The van der Waals surface area contributed by atoms with Crippen LogP contribution in [0.25, 0.3) is 50.4 Å². The first kappa shape index (κ1) is 25.4. The van der Waals surface area contributed by atoms with Crippen molar-refractivity contribution in [3.05, 3.63) is 59.8 Å². The fourth-order valence-corrected chi connectivity index (χ4v) is 5.56. The maximum absolute atomic E-state index is 13.4. The van der Waals surface area contributed by atoms with Gasteiger partial charge >= 0.3 is 6.18 Å². The number of hydrogen-bond donors (Lipinski definition) is 1. The monoisotopic (exact) mass is 561 g/mol. The molecule has 0 radical (unpaired) electrons. The second-order valence-electron chi connectivity index (χ2n) is 10.6. The van der Waals surface area contributed by atoms with Crippen LogP contribution in [0.15, 0.2) is 42.7 Å². The van der Waals surface area contributed by atoms with Crippen molar-refractivity contribution >= 4 is 21.9 Å². The predicted octanol–water partition coefficient (Wildman–Crippen LogP) is 5.06. The van der Waals surface area contributed by atoms with Gasteiger partial charge in [0.05, 0.1) is 23.0 Å². The average molecular weight is 562 g/mol. The van der Waals surface area contributed by atoms with Crippen molar-refractivity contribution < 1.29 is 18.3 Å². The molecule has 0 unspecified atom stereocenters. The molecule has 1 aliphatic carbocycles. The van der Waals surface area contributed by atoms with E-state index < -0.39 is 18.0 Å². The molecule has 0 aliphatic heterocycles. The Balaban J connectivity index is 1.41. The standard InChI is InChI=1S/C28H26F3N9O/c1-14(41)23-18(10-16-12-37(2)36-26(16)32-23)27-33-24(25(38(27)3)15-8-9-15)17-6-5-7-20-19(17)13-40(34-20)22-11-21(28(29,30)31)39(4)35-22/h5-7,10-15,41H,8-9H2,1-4H3/t14-/m0/s1. The lowest BCUT2D eigenvalue weighted by atomic mass is 10.0. The van der Waals surface area contributed by atoms with Crippen molar-refractivity contribution in [1.29, 1.82) is 0 Å². The van der Waals surface area contributed by atoms with E-state index in [2.05, 4.69) is 24.8 Å². The van der Waals surface area contributed by atoms with Crippen LogP contribution in [0.5, 0.6) is 0 Å². The van der Waals surface area contributed by atoms with E-state index in [1.807, 2.05) is 44.6 Å². The van der Waals surface area contributed by atoms with Crippen LogP contribution in [0.4, 0.5) is 13.2 Å². The number of hydrogen-bond acceptors (Lipinski definition) is 6. The van der Waals surface area contributed by atoms with Gasteiger partial charge in [-0.1, -0.05) is 12.1 Å². The van der Waals surface area contributed by atoms with E-state index in [-0.39, 0.29) is 5.82 Å². The van der Waals surface area contributed by atoms with Gasteiger partial charge in [-0.2, -0.15) is 28.5 Å². The molecule has 1 aromatic carbocycles. The third-order valence-electron chi connectivity index (χ3n) is 7.58. The highest BCUT2D eigenvalue weighted by atomic mass is 19.4. The molecule has 5 aromatic heterocycles. The van der Waals surface area contributed by atoms with Gasteiger partial charge in [-0.05, 0) is 31.9 Å². The summed E-state index contributed by atoms with van der Waals surface area (Å²) >= 11 is 0. The zero-order valence-corrected chi connectivity index (χ0v) is 22.7. The first-order valence-electron chi connectivity index (χ1n) is 13.2. The quantitative estimate of drug-likeness (QED) is 0.316. The van der Waals surface area contributed by atoms with Crippen LogP contribution in [0.1, 0.15) is 48.9 Å². The molecule has 1 aliphatic rings. The summed E-state index contributed by atoms with van der Waals surface area (Å²) in [6, 6.07) is 8.57. The summed E-state index contributed by atoms with van der Waals surface area (Å²) in [6.45, 7) is 1.67. The van der Waals surface area contributed by atoms with Gasteiger partial charge in [0.15, 0.2) is 11.5 Å². The van der Waals surface area contributed by atoms with Crippen LogP contribution in [0, 0.1) is 0 Å². The van der Waals surface area contributed by atoms with Crippen molar-refractivity contribution in [2.24, 2.45) is 21.1 Å². The van der Waals surface area contributed by atoms with Crippen LogP contribution >= 0.6 is 0 Å². The lowest BCUT2D eigenvalue weighted by Crippen LogP contribution is -2.11. The normalized spacial score (nSPS) is 14.9. The second-order valence-corrected chi connectivity index (χ2v) is 10.6. The summed E-state index contributed by atoms with van der Waals surface area (Å²) in [5.41, 5.74) is 4.15. The number of aliphatic hydroxyl groups is 1. The van der Waals surface area contributed by atoms with Crippen LogP contribution < -0.4 is 0 Å². The minimum atomic E-state index is -4.53. The topological polar surface area (TPSA) is 104 Å². The minimum absolute atomic E-state index is 0.0727. The molecule has 0 bridgehead atoms. The molecule has 7 rings (SSSR count). The number of imidazole rings is 1. The third kappa shape index (κ3) is 4.10. The molecular formula is C28H26F3N9O. The number of aliphatic hydroxyl groups excluding tert-OH is 1. The Morgan fingerprint density at radius 2 is 1.76 bits per heavy atom. The highest BCUT2D eigenvalue weighted by molar-refractivity contribution is 5.95. The average Bonchev–Trinajstić information content (AvgIpc) is 3.22.